The average Bonchev–Trinajstić information content (AvgIpc) is 3.12. The maximum Gasteiger partial charge on any atom is 0.321 e. The molecule has 0 unspecified atom stereocenters. The molecule has 0 fully saturated rings. The second-order valence-corrected chi connectivity index (χ2v) is 7.66. The lowest BCUT2D eigenvalue weighted by molar-refractivity contribution is -0.119. The molecule has 9 heteroatoms. The minimum Gasteiger partial charge on any atom is -0.341 e. The van der Waals surface area contributed by atoms with Crippen molar-refractivity contribution in [2.45, 2.75) is 18.5 Å². The van der Waals surface area contributed by atoms with E-state index in [0.29, 0.717) is 21.8 Å². The number of hydrogen-bond donors (Lipinski definition) is 2. The maximum atomic E-state index is 11.8. The Kier molecular flexibility index (Phi) is 6.90. The molecular weight excluding hydrogens is 410 g/mol. The number of thioether (sulfide) groups is 1. The molecule has 3 rings (SSSR count). The molecule has 0 saturated carbocycles. The summed E-state index contributed by atoms with van der Waals surface area (Å²) in [6, 6.07) is 14.8. The Balaban J connectivity index is 1.88. The molecule has 29 heavy (non-hydrogen) atoms. The number of aromatic nitrogens is 3. The quantitative estimate of drug-likeness (QED) is 0.581. The number of halogens is 1. The minimum atomic E-state index is -0.520. The average molecular weight is 430 g/mol. The molecule has 0 bridgehead atoms. The summed E-state index contributed by atoms with van der Waals surface area (Å²) in [6.45, 7) is 2.02. The van der Waals surface area contributed by atoms with Gasteiger partial charge in [-0.15, -0.1) is 10.2 Å². The van der Waals surface area contributed by atoms with Crippen LogP contribution in [0.3, 0.4) is 0 Å². The van der Waals surface area contributed by atoms with Gasteiger partial charge in [-0.2, -0.15) is 0 Å². The summed E-state index contributed by atoms with van der Waals surface area (Å²) in [4.78, 5) is 23.1. The summed E-state index contributed by atoms with van der Waals surface area (Å²) in [5.74, 6) is 0.790. The van der Waals surface area contributed by atoms with E-state index in [1.165, 1.54) is 18.8 Å². The standard InChI is InChI=1S/C20H20ClN5O2S/c1-13-5-3-4-6-16(13)26-18(14-7-9-15(21)10-8-14)24-25-20(26)29-12-11-17(27)23-19(28)22-2/h3-10H,11-12H2,1-2H3,(H2,22,23,27,28). The smallest absolute Gasteiger partial charge is 0.321 e. The number of aryl methyl sites for hydroxylation is 1. The molecular formula is C20H20ClN5O2S. The van der Waals surface area contributed by atoms with Gasteiger partial charge < -0.3 is 5.32 Å². The number of nitrogens with one attached hydrogen (secondary N) is 2. The van der Waals surface area contributed by atoms with Gasteiger partial charge in [0, 0.05) is 29.8 Å². The topological polar surface area (TPSA) is 88.9 Å². The zero-order valence-corrected chi connectivity index (χ0v) is 17.5. The second-order valence-electron chi connectivity index (χ2n) is 6.16. The fourth-order valence-corrected chi connectivity index (χ4v) is 3.68. The van der Waals surface area contributed by atoms with Gasteiger partial charge in [-0.25, -0.2) is 4.79 Å². The molecule has 0 aliphatic rings. The van der Waals surface area contributed by atoms with Crippen LogP contribution in [0.5, 0.6) is 0 Å². The third kappa shape index (κ3) is 5.16. The summed E-state index contributed by atoms with van der Waals surface area (Å²) >= 11 is 7.42. The lowest BCUT2D eigenvalue weighted by Gasteiger charge is -2.13. The van der Waals surface area contributed by atoms with Gasteiger partial charge in [-0.1, -0.05) is 41.6 Å². The Morgan fingerprint density at radius 3 is 2.52 bits per heavy atom. The van der Waals surface area contributed by atoms with Crippen LogP contribution in [-0.2, 0) is 4.79 Å². The van der Waals surface area contributed by atoms with Gasteiger partial charge in [-0.05, 0) is 42.8 Å². The van der Waals surface area contributed by atoms with Crippen molar-refractivity contribution in [1.29, 1.82) is 0 Å². The molecule has 0 spiro atoms. The van der Waals surface area contributed by atoms with Gasteiger partial charge in [0.2, 0.25) is 5.91 Å². The summed E-state index contributed by atoms with van der Waals surface area (Å²) in [7, 11) is 1.46. The summed E-state index contributed by atoms with van der Waals surface area (Å²) < 4.78 is 1.97. The van der Waals surface area contributed by atoms with Gasteiger partial charge in [0.1, 0.15) is 0 Å². The van der Waals surface area contributed by atoms with Crippen LogP contribution in [0.1, 0.15) is 12.0 Å². The van der Waals surface area contributed by atoms with Crippen LogP contribution in [0, 0.1) is 6.92 Å². The highest BCUT2D eigenvalue weighted by Gasteiger charge is 2.18. The number of imide groups is 1. The van der Waals surface area contributed by atoms with Gasteiger partial charge in [0.05, 0.1) is 5.69 Å². The first-order valence-electron chi connectivity index (χ1n) is 8.91. The van der Waals surface area contributed by atoms with Crippen molar-refractivity contribution in [2.24, 2.45) is 0 Å². The van der Waals surface area contributed by atoms with Crippen LogP contribution < -0.4 is 10.6 Å². The number of para-hydroxylation sites is 1. The van der Waals surface area contributed by atoms with Crippen molar-refractivity contribution in [3.05, 3.63) is 59.1 Å². The first-order valence-corrected chi connectivity index (χ1v) is 10.3. The molecule has 0 saturated heterocycles. The van der Waals surface area contributed by atoms with Crippen molar-refractivity contribution >= 4 is 35.3 Å². The molecule has 0 aliphatic carbocycles. The van der Waals surface area contributed by atoms with E-state index in [1.54, 1.807) is 0 Å². The van der Waals surface area contributed by atoms with Gasteiger partial charge >= 0.3 is 6.03 Å². The van der Waals surface area contributed by atoms with Crippen LogP contribution in [0.15, 0.2) is 53.7 Å². The van der Waals surface area contributed by atoms with Crippen LogP contribution in [-0.4, -0.2) is 39.5 Å². The van der Waals surface area contributed by atoms with E-state index in [4.69, 9.17) is 11.6 Å². The Bertz CT molecular complexity index is 1020. The molecule has 3 aromatic rings. The van der Waals surface area contributed by atoms with Crippen LogP contribution >= 0.6 is 23.4 Å². The van der Waals surface area contributed by atoms with Gasteiger partial charge in [-0.3, -0.25) is 14.7 Å². The molecule has 0 atom stereocenters. The Morgan fingerprint density at radius 1 is 1.10 bits per heavy atom. The highest BCUT2D eigenvalue weighted by Crippen LogP contribution is 2.30. The van der Waals surface area contributed by atoms with Gasteiger partial charge in [0.15, 0.2) is 11.0 Å². The van der Waals surface area contributed by atoms with Gasteiger partial charge in [0.25, 0.3) is 0 Å². The van der Waals surface area contributed by atoms with Crippen molar-refractivity contribution in [1.82, 2.24) is 25.4 Å². The number of benzene rings is 2. The lowest BCUT2D eigenvalue weighted by atomic mass is 10.1. The molecule has 2 aromatic carbocycles. The van der Waals surface area contributed by atoms with Crippen LogP contribution in [0.2, 0.25) is 5.02 Å². The zero-order valence-electron chi connectivity index (χ0n) is 16.0. The second kappa shape index (κ2) is 9.58. The highest BCUT2D eigenvalue weighted by molar-refractivity contribution is 7.99. The number of carbonyl (C=O) groups is 2. The number of nitrogens with zero attached hydrogens (tertiary/aromatic N) is 3. The van der Waals surface area contributed by atoms with E-state index in [1.807, 2.05) is 60.0 Å². The normalized spacial score (nSPS) is 10.6. The van der Waals surface area contributed by atoms with Crippen molar-refractivity contribution in [3.63, 3.8) is 0 Å². The Morgan fingerprint density at radius 2 is 1.83 bits per heavy atom. The maximum absolute atomic E-state index is 11.8. The summed E-state index contributed by atoms with van der Waals surface area (Å²) in [5.41, 5.74) is 2.91. The highest BCUT2D eigenvalue weighted by atomic mass is 35.5. The molecule has 7 nitrogen and oxygen atoms in total. The molecule has 1 heterocycles. The lowest BCUT2D eigenvalue weighted by Crippen LogP contribution is -2.37. The molecule has 2 N–H and O–H groups in total. The van der Waals surface area contributed by atoms with E-state index in [-0.39, 0.29) is 12.3 Å². The van der Waals surface area contributed by atoms with Crippen molar-refractivity contribution in [2.75, 3.05) is 12.8 Å². The largest absolute Gasteiger partial charge is 0.341 e. The monoisotopic (exact) mass is 429 g/mol. The number of amides is 3. The molecule has 0 radical (unpaired) electrons. The van der Waals surface area contributed by atoms with E-state index in [0.717, 1.165) is 16.8 Å². The number of urea groups is 1. The van der Waals surface area contributed by atoms with E-state index in [9.17, 15) is 9.59 Å². The molecule has 150 valence electrons. The van der Waals surface area contributed by atoms with E-state index >= 15 is 0 Å². The predicted octanol–water partition coefficient (Wildman–Crippen LogP) is 3.83. The van der Waals surface area contributed by atoms with Crippen molar-refractivity contribution < 1.29 is 9.59 Å². The van der Waals surface area contributed by atoms with Crippen LogP contribution in [0.25, 0.3) is 17.1 Å². The fourth-order valence-electron chi connectivity index (χ4n) is 2.67. The predicted molar refractivity (Wildman–Crippen MR) is 114 cm³/mol. The number of carbonyl (C=O) groups excluding carboxylic acids is 2. The van der Waals surface area contributed by atoms with Crippen molar-refractivity contribution in [3.8, 4) is 17.1 Å². The summed E-state index contributed by atoms with van der Waals surface area (Å²) in [5, 5.41) is 14.6. The fraction of sp³-hybridized carbons (Fsp3) is 0.200. The zero-order chi connectivity index (χ0) is 20.8. The van der Waals surface area contributed by atoms with Crippen LogP contribution in [0.4, 0.5) is 4.79 Å². The first-order chi connectivity index (χ1) is 14.0. The number of rotatable bonds is 6. The third-order valence-electron chi connectivity index (χ3n) is 4.13. The molecule has 1 aromatic heterocycles. The third-order valence-corrected chi connectivity index (χ3v) is 5.32. The molecule has 3 amide bonds. The minimum absolute atomic E-state index is 0.176. The number of hydrogen-bond acceptors (Lipinski definition) is 5. The Hall–Kier alpha value is -2.84. The Labute approximate surface area is 177 Å². The van der Waals surface area contributed by atoms with E-state index < -0.39 is 6.03 Å². The first kappa shape index (κ1) is 20.9. The van der Waals surface area contributed by atoms with E-state index in [2.05, 4.69) is 20.8 Å². The molecule has 0 aliphatic heterocycles. The SMILES string of the molecule is CNC(=O)NC(=O)CCSc1nnc(-c2ccc(Cl)cc2)n1-c1ccccc1C. The summed E-state index contributed by atoms with van der Waals surface area (Å²) in [6.07, 6.45) is 0.176.